The Bertz CT molecular complexity index is 2670. The molecule has 3 aromatic carbocycles. The van der Waals surface area contributed by atoms with Crippen molar-refractivity contribution in [2.45, 2.75) is 105 Å². The van der Waals surface area contributed by atoms with E-state index in [1.165, 1.54) is 55.8 Å². The summed E-state index contributed by atoms with van der Waals surface area (Å²) in [5.74, 6) is 1.58. The molecule has 0 bridgehead atoms. The molecule has 0 radical (unpaired) electrons. The highest BCUT2D eigenvalue weighted by atomic mass is 16.3. The highest BCUT2D eigenvalue weighted by Crippen LogP contribution is 2.46. The molecule has 4 nitrogen and oxygen atoms in total. The number of rotatable bonds is 5. The van der Waals surface area contributed by atoms with E-state index in [-0.39, 0.29) is 12.0 Å². The largest absolute Gasteiger partial charge is 0.437 e. The monoisotopic (exact) mass is 737 g/mol. The first-order chi connectivity index (χ1) is 27.0. The van der Waals surface area contributed by atoms with E-state index in [2.05, 4.69) is 162 Å². The average molecular weight is 738 g/mol. The van der Waals surface area contributed by atoms with Crippen LogP contribution in [-0.4, -0.2) is 4.98 Å². The molecule has 0 saturated heterocycles. The number of pyridine rings is 3. The summed E-state index contributed by atoms with van der Waals surface area (Å²) >= 11 is 0. The smallest absolute Gasteiger partial charge is 0.227 e. The number of nitrogens with zero attached hydrogens (tertiary/aromatic N) is 3. The molecule has 0 saturated carbocycles. The number of furan rings is 1. The van der Waals surface area contributed by atoms with Crippen LogP contribution in [0.5, 0.6) is 0 Å². The third kappa shape index (κ3) is 6.00. The van der Waals surface area contributed by atoms with Crippen LogP contribution in [0.4, 0.5) is 0 Å². The minimum atomic E-state index is 0.277. The molecular formula is C52H55N3O+2. The lowest BCUT2D eigenvalue weighted by Gasteiger charge is -2.31. The van der Waals surface area contributed by atoms with Crippen LogP contribution in [0, 0.1) is 19.8 Å². The molecule has 0 N–H and O–H groups in total. The van der Waals surface area contributed by atoms with Crippen molar-refractivity contribution >= 4 is 27.8 Å². The second-order valence-corrected chi connectivity index (χ2v) is 17.7. The zero-order valence-corrected chi connectivity index (χ0v) is 34.4. The summed E-state index contributed by atoms with van der Waals surface area (Å²) in [6.45, 7) is 23.1. The Kier molecular flexibility index (Phi) is 9.07. The fourth-order valence-corrected chi connectivity index (χ4v) is 9.87. The predicted octanol–water partition coefficient (Wildman–Crippen LogP) is 12.8. The maximum absolute atomic E-state index is 7.07. The van der Waals surface area contributed by atoms with Gasteiger partial charge in [0.25, 0.3) is 0 Å². The Morgan fingerprint density at radius 3 is 2.29 bits per heavy atom. The normalized spacial score (nSPS) is 16.6. The molecule has 4 aromatic heterocycles. The van der Waals surface area contributed by atoms with Crippen LogP contribution < -0.4 is 9.13 Å². The van der Waals surface area contributed by atoms with Gasteiger partial charge in [-0.25, -0.2) is 4.98 Å². The lowest BCUT2D eigenvalue weighted by Crippen LogP contribution is -2.49. The lowest BCUT2D eigenvalue weighted by molar-refractivity contribution is -0.719. The second kappa shape index (κ2) is 14.0. The molecule has 4 heteroatoms. The van der Waals surface area contributed by atoms with Crippen molar-refractivity contribution in [2.75, 3.05) is 0 Å². The molecule has 56 heavy (non-hydrogen) atoms. The molecule has 0 spiro atoms. The minimum Gasteiger partial charge on any atom is -0.437 e. The van der Waals surface area contributed by atoms with Gasteiger partial charge in [0.1, 0.15) is 0 Å². The first kappa shape index (κ1) is 36.3. The van der Waals surface area contributed by atoms with Crippen molar-refractivity contribution in [1.82, 2.24) is 4.98 Å². The van der Waals surface area contributed by atoms with Crippen LogP contribution in [0.1, 0.15) is 117 Å². The second-order valence-electron chi connectivity index (χ2n) is 17.7. The van der Waals surface area contributed by atoms with E-state index in [4.69, 9.17) is 16.0 Å². The quantitative estimate of drug-likeness (QED) is 0.165. The van der Waals surface area contributed by atoms with Gasteiger partial charge in [-0.05, 0) is 103 Å². The molecular weight excluding hydrogens is 683 g/mol. The van der Waals surface area contributed by atoms with Crippen LogP contribution in [0.2, 0.25) is 0 Å². The Balaban J connectivity index is 1.28. The fourth-order valence-electron chi connectivity index (χ4n) is 9.87. The van der Waals surface area contributed by atoms with Crippen LogP contribution in [0.15, 0.2) is 108 Å². The summed E-state index contributed by atoms with van der Waals surface area (Å²) in [5.41, 5.74) is 19.2. The Labute approximate surface area is 332 Å². The standard InChI is InChI=1S/C52H55N3O/c1-30(2)25-37-29-54-35(9)27-44-40-13-10-11-14-41(40)46-23-17-33(7)28-55(46)47(44)24-19-36-18-20-42-43-21-22-45(50-38(31(3)4)15-12-16-39(50)32(5)6)53-52(43)56-51(42)49(36)48(54)26-34(37)8/h10-18,20-23,26,28-32,44,47H,9,19,24-25,27H2,1-8H3/q+2. The highest BCUT2D eigenvalue weighted by molar-refractivity contribution is 6.09. The molecule has 2 aliphatic heterocycles. The molecule has 6 heterocycles. The number of aromatic nitrogens is 3. The molecule has 282 valence electrons. The Morgan fingerprint density at radius 2 is 1.54 bits per heavy atom. The van der Waals surface area contributed by atoms with Gasteiger partial charge in [-0.3, -0.25) is 0 Å². The molecule has 0 fully saturated rings. The zero-order chi connectivity index (χ0) is 39.0. The first-order valence-electron chi connectivity index (χ1n) is 20.8. The number of hydrogen-bond acceptors (Lipinski definition) is 2. The fraction of sp³-hybridized carbons (Fsp3) is 0.327. The Morgan fingerprint density at radius 1 is 0.786 bits per heavy atom. The number of aryl methyl sites for hydroxylation is 3. The van der Waals surface area contributed by atoms with Crippen molar-refractivity contribution in [2.24, 2.45) is 5.92 Å². The van der Waals surface area contributed by atoms with E-state index in [1.54, 1.807) is 0 Å². The van der Waals surface area contributed by atoms with Crippen LogP contribution in [0.25, 0.3) is 61.5 Å². The van der Waals surface area contributed by atoms with E-state index in [0.29, 0.717) is 23.5 Å². The topological polar surface area (TPSA) is 33.8 Å². The summed E-state index contributed by atoms with van der Waals surface area (Å²) < 4.78 is 12.1. The molecule has 7 aromatic rings. The van der Waals surface area contributed by atoms with Crippen LogP contribution >= 0.6 is 0 Å². The van der Waals surface area contributed by atoms with E-state index in [9.17, 15) is 0 Å². The summed E-state index contributed by atoms with van der Waals surface area (Å²) in [7, 11) is 0. The average Bonchev–Trinajstić information content (AvgIpc) is 3.55. The van der Waals surface area contributed by atoms with Crippen molar-refractivity contribution in [3.63, 3.8) is 0 Å². The molecule has 2 unspecified atom stereocenters. The maximum Gasteiger partial charge on any atom is 0.227 e. The first-order valence-corrected chi connectivity index (χ1v) is 20.8. The number of allylic oxidation sites excluding steroid dienone is 1. The SMILES string of the molecule is C=C1CC2c3ccccc3-c3ccc(C)c[n+]3C2CCc2ccc3c(oc4nc(-c5c(C(C)C)cccc5C(C)C)ccc43)c2-c2cc(C)c(CC(C)C)c[n+]21. The van der Waals surface area contributed by atoms with Gasteiger partial charge in [-0.1, -0.05) is 90.1 Å². The third-order valence-electron chi connectivity index (χ3n) is 12.6. The maximum atomic E-state index is 7.07. The van der Waals surface area contributed by atoms with Gasteiger partial charge in [0.05, 0.1) is 17.2 Å². The van der Waals surface area contributed by atoms with Crippen molar-refractivity contribution in [1.29, 1.82) is 0 Å². The third-order valence-corrected chi connectivity index (χ3v) is 12.6. The predicted molar refractivity (Wildman–Crippen MR) is 231 cm³/mol. The van der Waals surface area contributed by atoms with E-state index < -0.39 is 0 Å². The van der Waals surface area contributed by atoms with E-state index in [0.717, 1.165) is 64.7 Å². The van der Waals surface area contributed by atoms with Gasteiger partial charge >= 0.3 is 0 Å². The van der Waals surface area contributed by atoms with Crippen molar-refractivity contribution in [3.8, 4) is 33.8 Å². The van der Waals surface area contributed by atoms with Gasteiger partial charge in [0.15, 0.2) is 29.7 Å². The molecule has 2 aliphatic rings. The summed E-state index contributed by atoms with van der Waals surface area (Å²) in [6.07, 6.45) is 8.56. The van der Waals surface area contributed by atoms with E-state index in [1.807, 2.05) is 0 Å². The number of benzene rings is 3. The minimum absolute atomic E-state index is 0.277. The summed E-state index contributed by atoms with van der Waals surface area (Å²) in [4.78, 5) is 5.34. The van der Waals surface area contributed by atoms with Crippen molar-refractivity contribution in [3.05, 3.63) is 143 Å². The van der Waals surface area contributed by atoms with Gasteiger partial charge in [0, 0.05) is 58.0 Å². The van der Waals surface area contributed by atoms with Crippen molar-refractivity contribution < 1.29 is 13.6 Å². The summed E-state index contributed by atoms with van der Waals surface area (Å²) in [5, 5.41) is 2.16. The lowest BCUT2D eigenvalue weighted by atomic mass is 9.77. The van der Waals surface area contributed by atoms with Gasteiger partial charge in [-0.15, -0.1) is 0 Å². The van der Waals surface area contributed by atoms with E-state index >= 15 is 0 Å². The highest BCUT2D eigenvalue weighted by Gasteiger charge is 2.42. The molecule has 0 amide bonds. The Hall–Kier alpha value is -5.35. The molecule has 0 aliphatic carbocycles. The number of fused-ring (bicyclic) bond motifs is 13. The van der Waals surface area contributed by atoms with Crippen LogP contribution in [0.3, 0.4) is 0 Å². The molecule has 9 rings (SSSR count). The van der Waals surface area contributed by atoms with Crippen LogP contribution in [-0.2, 0) is 12.8 Å². The number of hydrogen-bond donors (Lipinski definition) is 0. The van der Waals surface area contributed by atoms with Gasteiger partial charge < -0.3 is 4.42 Å². The summed E-state index contributed by atoms with van der Waals surface area (Å²) in [6, 6.07) is 32.1. The zero-order valence-electron chi connectivity index (χ0n) is 34.4. The van der Waals surface area contributed by atoms with Gasteiger partial charge in [-0.2, -0.15) is 9.13 Å². The van der Waals surface area contributed by atoms with Gasteiger partial charge in [0.2, 0.25) is 17.1 Å². The molecule has 2 atom stereocenters.